The molecule has 1 aromatic carbocycles. The topological polar surface area (TPSA) is 191 Å². The maximum atomic E-state index is 12.9. The summed E-state index contributed by atoms with van der Waals surface area (Å²) in [4.78, 5) is 48.8. The van der Waals surface area contributed by atoms with E-state index in [1.807, 2.05) is 6.26 Å². The third kappa shape index (κ3) is 9.12. The Hall–Kier alpha value is -2.83. The average Bonchev–Trinajstić information content (AvgIpc) is 2.74. The van der Waals surface area contributed by atoms with Gasteiger partial charge in [0, 0.05) is 6.42 Å². The monoisotopic (exact) mass is 470 g/mol. The van der Waals surface area contributed by atoms with Gasteiger partial charge in [0.25, 0.3) is 0 Å². The molecule has 8 N–H and O–H groups in total. The summed E-state index contributed by atoms with van der Waals surface area (Å²) in [5.41, 5.74) is 6.15. The number of phenolic OH excluding ortho intramolecular Hbond substituents is 1. The summed E-state index contributed by atoms with van der Waals surface area (Å²) < 4.78 is 0. The highest BCUT2D eigenvalue weighted by Gasteiger charge is 2.29. The lowest BCUT2D eigenvalue weighted by Gasteiger charge is -2.24. The predicted octanol–water partition coefficient (Wildman–Crippen LogP) is -1.43. The first-order valence-corrected chi connectivity index (χ1v) is 11.3. The molecule has 0 spiro atoms. The number of aliphatic hydroxyl groups excluding tert-OH is 1. The molecular formula is C20H30N4O7S. The zero-order valence-electron chi connectivity index (χ0n) is 17.9. The second-order valence-corrected chi connectivity index (χ2v) is 8.13. The van der Waals surface area contributed by atoms with E-state index < -0.39 is 54.5 Å². The van der Waals surface area contributed by atoms with E-state index in [2.05, 4.69) is 16.0 Å². The third-order valence-corrected chi connectivity index (χ3v) is 5.11. The maximum Gasteiger partial charge on any atom is 0.328 e. The lowest BCUT2D eigenvalue weighted by Crippen LogP contribution is -2.58. The summed E-state index contributed by atoms with van der Waals surface area (Å²) in [7, 11) is 0. The highest BCUT2D eigenvalue weighted by Crippen LogP contribution is 2.12. The van der Waals surface area contributed by atoms with Gasteiger partial charge in [-0.15, -0.1) is 0 Å². The van der Waals surface area contributed by atoms with Crippen LogP contribution in [0.15, 0.2) is 24.3 Å². The van der Waals surface area contributed by atoms with Crippen LogP contribution in [-0.4, -0.2) is 81.8 Å². The van der Waals surface area contributed by atoms with E-state index in [0.29, 0.717) is 11.3 Å². The zero-order chi connectivity index (χ0) is 24.3. The Labute approximate surface area is 190 Å². The summed E-state index contributed by atoms with van der Waals surface area (Å²) in [6, 6.07) is 1.36. The molecule has 0 aliphatic heterocycles. The number of aromatic hydroxyl groups is 1. The molecule has 11 nitrogen and oxygen atoms in total. The van der Waals surface area contributed by atoms with E-state index in [9.17, 15) is 29.4 Å². The van der Waals surface area contributed by atoms with Gasteiger partial charge in [0.1, 0.15) is 23.9 Å². The van der Waals surface area contributed by atoms with Crippen LogP contribution in [-0.2, 0) is 25.6 Å². The number of phenols is 1. The number of hydrogen-bond donors (Lipinski definition) is 7. The lowest BCUT2D eigenvalue weighted by atomic mass is 10.0. The van der Waals surface area contributed by atoms with Gasteiger partial charge in [0.2, 0.25) is 17.7 Å². The Bertz CT molecular complexity index is 789. The molecule has 1 rings (SSSR count). The molecule has 12 heteroatoms. The summed E-state index contributed by atoms with van der Waals surface area (Å²) >= 11 is 1.47. The number of benzene rings is 1. The van der Waals surface area contributed by atoms with Gasteiger partial charge in [-0.2, -0.15) is 11.8 Å². The lowest BCUT2D eigenvalue weighted by molar-refractivity contribution is -0.143. The molecule has 0 fully saturated rings. The second kappa shape index (κ2) is 13.6. The molecule has 0 aliphatic carbocycles. The highest BCUT2D eigenvalue weighted by atomic mass is 32.2. The molecule has 4 atom stereocenters. The molecule has 0 saturated carbocycles. The number of carbonyl (C=O) groups excluding carboxylic acids is 3. The maximum absolute atomic E-state index is 12.9. The molecule has 0 saturated heterocycles. The van der Waals surface area contributed by atoms with E-state index in [4.69, 9.17) is 10.8 Å². The molecule has 0 aromatic heterocycles. The van der Waals surface area contributed by atoms with Crippen LogP contribution in [0.4, 0.5) is 0 Å². The second-order valence-electron chi connectivity index (χ2n) is 7.15. The fourth-order valence-electron chi connectivity index (χ4n) is 2.61. The van der Waals surface area contributed by atoms with Crippen molar-refractivity contribution in [1.29, 1.82) is 0 Å². The van der Waals surface area contributed by atoms with E-state index in [1.165, 1.54) is 30.8 Å². The van der Waals surface area contributed by atoms with Gasteiger partial charge in [-0.3, -0.25) is 14.4 Å². The number of hydrogen-bond acceptors (Lipinski definition) is 8. The Morgan fingerprint density at radius 1 is 0.969 bits per heavy atom. The average molecular weight is 471 g/mol. The number of carboxylic acids is 1. The summed E-state index contributed by atoms with van der Waals surface area (Å²) in [5, 5.41) is 35.0. The van der Waals surface area contributed by atoms with E-state index in [-0.39, 0.29) is 18.6 Å². The third-order valence-electron chi connectivity index (χ3n) is 4.46. The van der Waals surface area contributed by atoms with Crippen molar-refractivity contribution in [3.05, 3.63) is 29.8 Å². The van der Waals surface area contributed by atoms with Gasteiger partial charge < -0.3 is 37.0 Å². The Morgan fingerprint density at radius 3 is 2.00 bits per heavy atom. The Kier molecular flexibility index (Phi) is 11.5. The van der Waals surface area contributed by atoms with E-state index in [0.717, 1.165) is 0 Å². The molecule has 0 aliphatic rings. The minimum Gasteiger partial charge on any atom is -0.508 e. The quantitative estimate of drug-likeness (QED) is 0.181. The summed E-state index contributed by atoms with van der Waals surface area (Å²) in [6.45, 7) is 0.641. The molecule has 0 radical (unpaired) electrons. The van der Waals surface area contributed by atoms with Crippen molar-refractivity contribution in [1.82, 2.24) is 16.0 Å². The van der Waals surface area contributed by atoms with Crippen molar-refractivity contribution in [3.8, 4) is 5.75 Å². The first-order chi connectivity index (χ1) is 15.1. The van der Waals surface area contributed by atoms with Gasteiger partial charge in [-0.05, 0) is 43.0 Å². The molecule has 0 bridgehead atoms. The van der Waals surface area contributed by atoms with Crippen molar-refractivity contribution in [2.75, 3.05) is 18.6 Å². The zero-order valence-corrected chi connectivity index (χ0v) is 18.7. The van der Waals surface area contributed by atoms with Crippen LogP contribution in [0.25, 0.3) is 0 Å². The fraction of sp³-hybridized carbons (Fsp3) is 0.500. The standard InChI is InChI=1S/C20H30N4O7S/c1-11(21)17(27)22-14(7-8-32-2)18(28)23-15(9-12-3-5-13(26)6-4-12)19(29)24-16(10-25)20(30)31/h3-6,11,14-16,25-26H,7-10,21H2,1-2H3,(H,22,27)(H,23,28)(H,24,29)(H,30,31). The first kappa shape index (κ1) is 27.2. The molecular weight excluding hydrogens is 440 g/mol. The van der Waals surface area contributed by atoms with Gasteiger partial charge in [-0.1, -0.05) is 12.1 Å². The predicted molar refractivity (Wildman–Crippen MR) is 119 cm³/mol. The Morgan fingerprint density at radius 2 is 1.50 bits per heavy atom. The molecule has 178 valence electrons. The van der Waals surface area contributed by atoms with Crippen molar-refractivity contribution in [2.24, 2.45) is 5.73 Å². The fourth-order valence-corrected chi connectivity index (χ4v) is 3.09. The molecule has 0 heterocycles. The van der Waals surface area contributed by atoms with Crippen LogP contribution < -0.4 is 21.7 Å². The first-order valence-electron chi connectivity index (χ1n) is 9.86. The number of thioether (sulfide) groups is 1. The van der Waals surface area contributed by atoms with Crippen molar-refractivity contribution in [2.45, 2.75) is 43.9 Å². The number of carbonyl (C=O) groups is 4. The van der Waals surface area contributed by atoms with Gasteiger partial charge in [0.05, 0.1) is 12.6 Å². The van der Waals surface area contributed by atoms with Crippen LogP contribution in [0.2, 0.25) is 0 Å². The number of nitrogens with two attached hydrogens (primary N) is 1. The molecule has 1 aromatic rings. The minimum absolute atomic E-state index is 0.0146. The largest absolute Gasteiger partial charge is 0.508 e. The highest BCUT2D eigenvalue weighted by molar-refractivity contribution is 7.98. The van der Waals surface area contributed by atoms with E-state index >= 15 is 0 Å². The number of nitrogens with one attached hydrogen (secondary N) is 3. The van der Waals surface area contributed by atoms with Crippen molar-refractivity contribution in [3.63, 3.8) is 0 Å². The van der Waals surface area contributed by atoms with Gasteiger partial charge >= 0.3 is 5.97 Å². The minimum atomic E-state index is -1.55. The Balaban J connectivity index is 3.07. The number of amides is 3. The van der Waals surface area contributed by atoms with Crippen molar-refractivity contribution >= 4 is 35.5 Å². The van der Waals surface area contributed by atoms with Crippen LogP contribution in [0.3, 0.4) is 0 Å². The summed E-state index contributed by atoms with van der Waals surface area (Å²) in [6.07, 6.45) is 2.10. The number of aliphatic hydroxyl groups is 1. The van der Waals surface area contributed by atoms with Crippen LogP contribution >= 0.6 is 11.8 Å². The van der Waals surface area contributed by atoms with Gasteiger partial charge in [-0.25, -0.2) is 4.79 Å². The van der Waals surface area contributed by atoms with Crippen LogP contribution in [0.5, 0.6) is 5.75 Å². The van der Waals surface area contributed by atoms with E-state index in [1.54, 1.807) is 12.1 Å². The van der Waals surface area contributed by atoms with Gasteiger partial charge in [0.15, 0.2) is 0 Å². The molecule has 32 heavy (non-hydrogen) atoms. The normalized spacial score (nSPS) is 14.5. The number of rotatable bonds is 13. The SMILES string of the molecule is CSCCC(NC(=O)C(C)N)C(=O)NC(Cc1ccc(O)cc1)C(=O)NC(CO)C(=O)O. The number of aliphatic carboxylic acids is 1. The molecule has 4 unspecified atom stereocenters. The summed E-state index contributed by atoms with van der Waals surface area (Å²) in [5.74, 6) is -2.86. The smallest absolute Gasteiger partial charge is 0.328 e. The molecule has 3 amide bonds. The van der Waals surface area contributed by atoms with Crippen LogP contribution in [0, 0.1) is 0 Å². The van der Waals surface area contributed by atoms with Crippen molar-refractivity contribution < 1.29 is 34.5 Å². The number of carboxylic acid groups (broad SMARTS) is 1. The van der Waals surface area contributed by atoms with Crippen LogP contribution in [0.1, 0.15) is 18.9 Å².